The Morgan fingerprint density at radius 1 is 1.31 bits per heavy atom. The maximum atomic E-state index is 12.5. The van der Waals surface area contributed by atoms with Gasteiger partial charge in [-0.3, -0.25) is 9.48 Å². The number of ether oxygens (including phenoxy) is 1. The molecule has 0 radical (unpaired) electrons. The van der Waals surface area contributed by atoms with Crippen LogP contribution in [0.3, 0.4) is 0 Å². The first-order valence-corrected chi connectivity index (χ1v) is 9.07. The van der Waals surface area contributed by atoms with Crippen LogP contribution in [0, 0.1) is 0 Å². The van der Waals surface area contributed by atoms with E-state index in [0.717, 1.165) is 38.1 Å². The van der Waals surface area contributed by atoms with Crippen LogP contribution in [0.4, 0.5) is 0 Å². The lowest BCUT2D eigenvalue weighted by atomic mass is 9.93. The number of amides is 1. The Balaban J connectivity index is 0.00000196. The summed E-state index contributed by atoms with van der Waals surface area (Å²) in [5.74, 6) is 1.12. The number of aromatic nitrogens is 2. The second-order valence-corrected chi connectivity index (χ2v) is 6.76. The van der Waals surface area contributed by atoms with E-state index in [9.17, 15) is 4.79 Å². The molecule has 2 aromatic rings. The number of piperidine rings is 1. The smallest absolute Gasteiger partial charge is 0.271 e. The van der Waals surface area contributed by atoms with Crippen LogP contribution in [0.5, 0.6) is 5.75 Å². The van der Waals surface area contributed by atoms with Gasteiger partial charge < -0.3 is 15.4 Å². The van der Waals surface area contributed by atoms with Crippen LogP contribution in [0.25, 0.3) is 0 Å². The Bertz CT molecular complexity index is 743. The fraction of sp³-hybridized carbons (Fsp3) is 0.474. The molecule has 2 N–H and O–H groups in total. The molecule has 1 amide bonds. The van der Waals surface area contributed by atoms with E-state index in [1.54, 1.807) is 0 Å². The lowest BCUT2D eigenvalue weighted by molar-refractivity contribution is 0.0942. The van der Waals surface area contributed by atoms with Gasteiger partial charge in [0, 0.05) is 25.2 Å². The van der Waals surface area contributed by atoms with Crippen molar-refractivity contribution in [2.24, 2.45) is 0 Å². The largest absolute Gasteiger partial charge is 0.493 e. The molecule has 1 aromatic heterocycles. The van der Waals surface area contributed by atoms with Crippen molar-refractivity contribution in [1.29, 1.82) is 0 Å². The molecule has 26 heavy (non-hydrogen) atoms. The molecule has 1 saturated heterocycles. The van der Waals surface area contributed by atoms with Gasteiger partial charge in [-0.2, -0.15) is 5.10 Å². The average molecular weight is 377 g/mol. The highest BCUT2D eigenvalue weighted by atomic mass is 35.5. The maximum Gasteiger partial charge on any atom is 0.271 e. The highest BCUT2D eigenvalue weighted by molar-refractivity contribution is 5.92. The van der Waals surface area contributed by atoms with Crippen molar-refractivity contribution in [2.45, 2.75) is 31.2 Å². The van der Waals surface area contributed by atoms with Crippen LogP contribution in [0.2, 0.25) is 0 Å². The second-order valence-electron chi connectivity index (χ2n) is 6.76. The van der Waals surface area contributed by atoms with Gasteiger partial charge in [0.25, 0.3) is 5.91 Å². The molecule has 0 aliphatic carbocycles. The molecule has 1 fully saturated rings. The van der Waals surface area contributed by atoms with E-state index >= 15 is 0 Å². The minimum absolute atomic E-state index is 0. The third-order valence-electron chi connectivity index (χ3n) is 5.08. The molecule has 2 aliphatic heterocycles. The molecule has 1 aromatic carbocycles. The predicted octanol–water partition coefficient (Wildman–Crippen LogP) is 2.53. The van der Waals surface area contributed by atoms with Crippen molar-refractivity contribution in [2.75, 3.05) is 26.2 Å². The fourth-order valence-electron chi connectivity index (χ4n) is 3.66. The Morgan fingerprint density at radius 2 is 2.19 bits per heavy atom. The number of fused-ring (bicyclic) bond motifs is 1. The summed E-state index contributed by atoms with van der Waals surface area (Å²) in [6, 6.07) is 10.2. The van der Waals surface area contributed by atoms with Crippen molar-refractivity contribution < 1.29 is 9.53 Å². The van der Waals surface area contributed by atoms with Gasteiger partial charge in [-0.15, -0.1) is 12.4 Å². The lowest BCUT2D eigenvalue weighted by Crippen LogP contribution is -2.33. The Hall–Kier alpha value is -2.05. The third-order valence-corrected chi connectivity index (χ3v) is 5.08. The number of nitrogens with zero attached hydrogens (tertiary/aromatic N) is 2. The number of hydrogen-bond donors (Lipinski definition) is 2. The molecule has 140 valence electrons. The summed E-state index contributed by atoms with van der Waals surface area (Å²) in [7, 11) is 0. The van der Waals surface area contributed by atoms with E-state index in [2.05, 4.69) is 21.8 Å². The molecule has 2 aliphatic rings. The van der Waals surface area contributed by atoms with Gasteiger partial charge in [-0.1, -0.05) is 18.2 Å². The molecule has 0 bridgehead atoms. The van der Waals surface area contributed by atoms with Gasteiger partial charge in [0.1, 0.15) is 11.4 Å². The number of carbonyl (C=O) groups excluding carboxylic acids is 1. The first-order valence-electron chi connectivity index (χ1n) is 9.07. The zero-order chi connectivity index (χ0) is 17.1. The summed E-state index contributed by atoms with van der Waals surface area (Å²) in [5, 5.41) is 10.9. The van der Waals surface area contributed by atoms with Crippen LogP contribution < -0.4 is 15.4 Å². The van der Waals surface area contributed by atoms with E-state index in [1.165, 1.54) is 5.56 Å². The third kappa shape index (κ3) is 4.02. The Labute approximate surface area is 159 Å². The number of hydrogen-bond acceptors (Lipinski definition) is 4. The monoisotopic (exact) mass is 376 g/mol. The van der Waals surface area contributed by atoms with Crippen molar-refractivity contribution in [3.63, 3.8) is 0 Å². The summed E-state index contributed by atoms with van der Waals surface area (Å²) >= 11 is 0. The fourth-order valence-corrected chi connectivity index (χ4v) is 3.66. The van der Waals surface area contributed by atoms with Gasteiger partial charge in [-0.25, -0.2) is 0 Å². The number of halogens is 1. The van der Waals surface area contributed by atoms with Gasteiger partial charge in [-0.05, 0) is 43.5 Å². The molecule has 0 spiro atoms. The lowest BCUT2D eigenvalue weighted by Gasteiger charge is -2.25. The molecule has 2 atom stereocenters. The molecule has 3 heterocycles. The van der Waals surface area contributed by atoms with Crippen LogP contribution in [0.1, 0.15) is 47.3 Å². The highest BCUT2D eigenvalue weighted by Crippen LogP contribution is 2.32. The van der Waals surface area contributed by atoms with E-state index in [0.29, 0.717) is 30.8 Å². The van der Waals surface area contributed by atoms with Crippen molar-refractivity contribution in [3.8, 4) is 5.75 Å². The zero-order valence-corrected chi connectivity index (χ0v) is 15.5. The number of nitrogens with one attached hydrogen (secondary N) is 2. The van der Waals surface area contributed by atoms with Crippen molar-refractivity contribution >= 4 is 18.3 Å². The first kappa shape index (κ1) is 18.7. The zero-order valence-electron chi connectivity index (χ0n) is 14.7. The number of carbonyl (C=O) groups is 1. The number of benzene rings is 1. The quantitative estimate of drug-likeness (QED) is 0.860. The molecular weight excluding hydrogens is 352 g/mol. The van der Waals surface area contributed by atoms with E-state index < -0.39 is 0 Å². The topological polar surface area (TPSA) is 68.2 Å². The van der Waals surface area contributed by atoms with Gasteiger partial charge in [0.2, 0.25) is 0 Å². The van der Waals surface area contributed by atoms with E-state index in [-0.39, 0.29) is 18.3 Å². The van der Waals surface area contributed by atoms with Gasteiger partial charge in [0.05, 0.1) is 12.6 Å². The molecule has 0 saturated carbocycles. The van der Waals surface area contributed by atoms with Crippen LogP contribution in [0.15, 0.2) is 36.5 Å². The number of rotatable bonds is 4. The SMILES string of the molecule is Cl.O=C(NCC1CCOc2ccccc21)c1ccn(C2CCCNC2)n1. The Morgan fingerprint density at radius 3 is 3.04 bits per heavy atom. The van der Waals surface area contributed by atoms with Gasteiger partial charge in [0.15, 0.2) is 0 Å². The van der Waals surface area contributed by atoms with Crippen LogP contribution in [-0.4, -0.2) is 41.9 Å². The average Bonchev–Trinajstić information content (AvgIpc) is 3.17. The van der Waals surface area contributed by atoms with Crippen molar-refractivity contribution in [1.82, 2.24) is 20.4 Å². The normalized spacial score (nSPS) is 21.8. The Kier molecular flexibility index (Phi) is 6.16. The van der Waals surface area contributed by atoms with Crippen LogP contribution >= 0.6 is 12.4 Å². The highest BCUT2D eigenvalue weighted by Gasteiger charge is 2.22. The predicted molar refractivity (Wildman–Crippen MR) is 102 cm³/mol. The summed E-state index contributed by atoms with van der Waals surface area (Å²) in [6.45, 7) is 3.29. The summed E-state index contributed by atoms with van der Waals surface area (Å²) in [4.78, 5) is 12.5. The molecular formula is C19H25ClN4O2. The van der Waals surface area contributed by atoms with E-state index in [4.69, 9.17) is 4.74 Å². The minimum Gasteiger partial charge on any atom is -0.493 e. The van der Waals surface area contributed by atoms with Crippen molar-refractivity contribution in [3.05, 3.63) is 47.8 Å². The first-order chi connectivity index (χ1) is 12.3. The molecule has 6 nitrogen and oxygen atoms in total. The molecule has 7 heteroatoms. The second kappa shape index (κ2) is 8.56. The summed E-state index contributed by atoms with van der Waals surface area (Å²) < 4.78 is 7.60. The van der Waals surface area contributed by atoms with Gasteiger partial charge >= 0.3 is 0 Å². The number of para-hydroxylation sites is 1. The molecule has 2 unspecified atom stereocenters. The molecule has 4 rings (SSSR count). The standard InChI is InChI=1S/C19H24N4O2.ClH/c24-19(17-7-10-23(22-17)15-4-3-9-20-13-15)21-12-14-8-11-25-18-6-2-1-5-16(14)18;/h1-2,5-7,10,14-15,20H,3-4,8-9,11-13H2,(H,21,24);1H. The van der Waals surface area contributed by atoms with E-state index in [1.807, 2.05) is 35.1 Å². The van der Waals surface area contributed by atoms with Crippen LogP contribution in [-0.2, 0) is 0 Å². The summed E-state index contributed by atoms with van der Waals surface area (Å²) in [6.07, 6.45) is 5.08. The summed E-state index contributed by atoms with van der Waals surface area (Å²) in [5.41, 5.74) is 1.67. The minimum atomic E-state index is -0.105. The maximum absolute atomic E-state index is 12.5.